The summed E-state index contributed by atoms with van der Waals surface area (Å²) in [6, 6.07) is 0. The summed E-state index contributed by atoms with van der Waals surface area (Å²) >= 11 is 5.89. The summed E-state index contributed by atoms with van der Waals surface area (Å²) in [4.78, 5) is 0. The highest BCUT2D eigenvalue weighted by Gasteiger charge is 2.38. The lowest BCUT2D eigenvalue weighted by Gasteiger charge is -2.25. The third-order valence-corrected chi connectivity index (χ3v) is 5.65. The average Bonchev–Trinajstić information content (AvgIpc) is 2.54. The van der Waals surface area contributed by atoms with Crippen molar-refractivity contribution in [2.24, 2.45) is 0 Å². The van der Waals surface area contributed by atoms with Crippen molar-refractivity contribution in [2.45, 2.75) is 32.7 Å². The molecule has 5 nitrogen and oxygen atoms in total. The van der Waals surface area contributed by atoms with Crippen molar-refractivity contribution in [1.82, 2.24) is 10.2 Å². The quantitative estimate of drug-likeness (QED) is 0.898. The number of sulfone groups is 1. The second-order valence-electron chi connectivity index (χ2n) is 5.12. The molecule has 2 heterocycles. The van der Waals surface area contributed by atoms with E-state index >= 15 is 0 Å². The molecule has 0 aliphatic carbocycles. The molecule has 1 atom stereocenters. The maximum atomic E-state index is 11.5. The smallest absolute Gasteiger partial charge is 0.155 e. The first-order chi connectivity index (χ1) is 8.22. The standard InChI is InChI=1S/C11H16ClN3O2S/c1-7-8(2)10(15-14-9(7)12)13-11(3)4-5-18(16,17)6-11/h4-6H2,1-3H3,(H,13,15). The summed E-state index contributed by atoms with van der Waals surface area (Å²) in [5.74, 6) is 0.953. The zero-order valence-electron chi connectivity index (χ0n) is 10.6. The van der Waals surface area contributed by atoms with E-state index in [1.807, 2.05) is 20.8 Å². The molecule has 0 bridgehead atoms. The highest BCUT2D eigenvalue weighted by Crippen LogP contribution is 2.29. The molecule has 2 rings (SSSR count). The molecule has 1 saturated heterocycles. The average molecular weight is 290 g/mol. The zero-order chi connectivity index (χ0) is 13.6. The van der Waals surface area contributed by atoms with E-state index in [9.17, 15) is 8.42 Å². The number of hydrogen-bond acceptors (Lipinski definition) is 5. The highest BCUT2D eigenvalue weighted by atomic mass is 35.5. The van der Waals surface area contributed by atoms with Gasteiger partial charge in [0.05, 0.1) is 17.0 Å². The molecule has 0 radical (unpaired) electrons. The zero-order valence-corrected chi connectivity index (χ0v) is 12.2. The van der Waals surface area contributed by atoms with Gasteiger partial charge in [0.2, 0.25) is 0 Å². The molecule has 0 aromatic carbocycles. The fraction of sp³-hybridized carbons (Fsp3) is 0.636. The Morgan fingerprint density at radius 1 is 1.28 bits per heavy atom. The highest BCUT2D eigenvalue weighted by molar-refractivity contribution is 7.91. The van der Waals surface area contributed by atoms with Crippen LogP contribution in [0.15, 0.2) is 0 Å². The second-order valence-corrected chi connectivity index (χ2v) is 7.66. The first-order valence-electron chi connectivity index (χ1n) is 5.70. The van der Waals surface area contributed by atoms with Crippen LogP contribution in [0.3, 0.4) is 0 Å². The molecule has 1 aromatic rings. The SMILES string of the molecule is Cc1c(Cl)nnc(NC2(C)CCS(=O)(=O)C2)c1C. The minimum atomic E-state index is -2.94. The van der Waals surface area contributed by atoms with E-state index in [-0.39, 0.29) is 11.5 Å². The van der Waals surface area contributed by atoms with Crippen LogP contribution in [0.25, 0.3) is 0 Å². The normalized spacial score (nSPS) is 26.2. The lowest BCUT2D eigenvalue weighted by atomic mass is 10.0. The maximum Gasteiger partial charge on any atom is 0.155 e. The predicted octanol–water partition coefficient (Wildman–Crippen LogP) is 1.74. The van der Waals surface area contributed by atoms with Gasteiger partial charge in [-0.15, -0.1) is 10.2 Å². The minimum absolute atomic E-state index is 0.128. The van der Waals surface area contributed by atoms with Crippen LogP contribution in [0.1, 0.15) is 24.5 Å². The lowest BCUT2D eigenvalue weighted by molar-refractivity contribution is 0.570. The number of rotatable bonds is 2. The van der Waals surface area contributed by atoms with Crippen molar-refractivity contribution >= 4 is 27.3 Å². The molecule has 0 amide bonds. The Morgan fingerprint density at radius 2 is 1.94 bits per heavy atom. The van der Waals surface area contributed by atoms with E-state index < -0.39 is 15.4 Å². The topological polar surface area (TPSA) is 72.0 Å². The molecule has 1 aromatic heterocycles. The van der Waals surface area contributed by atoms with E-state index in [4.69, 9.17) is 11.6 Å². The Balaban J connectivity index is 2.28. The monoisotopic (exact) mass is 289 g/mol. The van der Waals surface area contributed by atoms with Crippen LogP contribution in [0, 0.1) is 13.8 Å². The number of anilines is 1. The number of nitrogens with one attached hydrogen (secondary N) is 1. The van der Waals surface area contributed by atoms with E-state index in [1.54, 1.807) is 0 Å². The van der Waals surface area contributed by atoms with Gasteiger partial charge in [-0.05, 0) is 38.3 Å². The van der Waals surface area contributed by atoms with Crippen LogP contribution >= 0.6 is 11.6 Å². The molecule has 1 fully saturated rings. The van der Waals surface area contributed by atoms with E-state index in [2.05, 4.69) is 15.5 Å². The molecule has 1 unspecified atom stereocenters. The number of halogens is 1. The van der Waals surface area contributed by atoms with Crippen molar-refractivity contribution in [3.63, 3.8) is 0 Å². The number of hydrogen-bond donors (Lipinski definition) is 1. The minimum Gasteiger partial charge on any atom is -0.362 e. The van der Waals surface area contributed by atoms with Crippen LogP contribution in [-0.4, -0.2) is 35.7 Å². The van der Waals surface area contributed by atoms with Crippen molar-refractivity contribution in [3.05, 3.63) is 16.3 Å². The van der Waals surface area contributed by atoms with Crippen LogP contribution < -0.4 is 5.32 Å². The summed E-state index contributed by atoms with van der Waals surface area (Å²) in [6.45, 7) is 5.65. The summed E-state index contributed by atoms with van der Waals surface area (Å²) in [5, 5.41) is 11.4. The van der Waals surface area contributed by atoms with Gasteiger partial charge in [-0.2, -0.15) is 0 Å². The summed E-state index contributed by atoms with van der Waals surface area (Å²) in [5.41, 5.74) is 1.29. The largest absolute Gasteiger partial charge is 0.362 e. The first kappa shape index (κ1) is 13.5. The Kier molecular flexibility index (Phi) is 3.27. The van der Waals surface area contributed by atoms with Crippen molar-refractivity contribution in [1.29, 1.82) is 0 Å². The van der Waals surface area contributed by atoms with Gasteiger partial charge in [0.15, 0.2) is 20.8 Å². The van der Waals surface area contributed by atoms with Gasteiger partial charge >= 0.3 is 0 Å². The third-order valence-electron chi connectivity index (χ3n) is 3.39. The van der Waals surface area contributed by atoms with Crippen LogP contribution in [0.4, 0.5) is 5.82 Å². The van der Waals surface area contributed by atoms with E-state index in [0.717, 1.165) is 11.1 Å². The maximum absolute atomic E-state index is 11.5. The van der Waals surface area contributed by atoms with Crippen molar-refractivity contribution < 1.29 is 8.42 Å². The first-order valence-corrected chi connectivity index (χ1v) is 7.90. The van der Waals surface area contributed by atoms with Crippen LogP contribution in [0.2, 0.25) is 5.15 Å². The van der Waals surface area contributed by atoms with Gasteiger partial charge in [0, 0.05) is 0 Å². The summed E-state index contributed by atoms with van der Waals surface area (Å²) in [6.07, 6.45) is 0.581. The molecule has 18 heavy (non-hydrogen) atoms. The molecule has 1 aliphatic heterocycles. The fourth-order valence-electron chi connectivity index (χ4n) is 2.09. The Labute approximate surface area is 112 Å². The Morgan fingerprint density at radius 3 is 2.50 bits per heavy atom. The van der Waals surface area contributed by atoms with Gasteiger partial charge < -0.3 is 5.32 Å². The van der Waals surface area contributed by atoms with Gasteiger partial charge in [-0.1, -0.05) is 11.6 Å². The molecular weight excluding hydrogens is 274 g/mol. The molecular formula is C11H16ClN3O2S. The Bertz CT molecular complexity index is 588. The summed E-state index contributed by atoms with van der Waals surface area (Å²) < 4.78 is 23.1. The van der Waals surface area contributed by atoms with Crippen molar-refractivity contribution in [2.75, 3.05) is 16.8 Å². The van der Waals surface area contributed by atoms with Crippen molar-refractivity contribution in [3.8, 4) is 0 Å². The number of aromatic nitrogens is 2. The molecule has 1 aliphatic rings. The van der Waals surface area contributed by atoms with E-state index in [1.165, 1.54) is 0 Å². The molecule has 0 saturated carbocycles. The third kappa shape index (κ3) is 2.59. The molecule has 0 spiro atoms. The molecule has 100 valence electrons. The second kappa shape index (κ2) is 4.35. The lowest BCUT2D eigenvalue weighted by Crippen LogP contribution is -2.36. The summed E-state index contributed by atoms with van der Waals surface area (Å²) in [7, 11) is -2.94. The predicted molar refractivity (Wildman–Crippen MR) is 71.8 cm³/mol. The fourth-order valence-corrected chi connectivity index (χ4v) is 4.36. The van der Waals surface area contributed by atoms with Gasteiger partial charge in [-0.3, -0.25) is 0 Å². The molecule has 7 heteroatoms. The Hall–Kier alpha value is -0.880. The van der Waals surface area contributed by atoms with Gasteiger partial charge in [0.1, 0.15) is 0 Å². The van der Waals surface area contributed by atoms with E-state index in [0.29, 0.717) is 17.4 Å². The van der Waals surface area contributed by atoms with Crippen LogP contribution in [-0.2, 0) is 9.84 Å². The molecule has 1 N–H and O–H groups in total. The van der Waals surface area contributed by atoms with Gasteiger partial charge in [0.25, 0.3) is 0 Å². The van der Waals surface area contributed by atoms with Gasteiger partial charge in [-0.25, -0.2) is 8.42 Å². The number of nitrogens with zero attached hydrogens (tertiary/aromatic N) is 2. The van der Waals surface area contributed by atoms with Crippen LogP contribution in [0.5, 0.6) is 0 Å².